The van der Waals surface area contributed by atoms with Crippen LogP contribution in [0.5, 0.6) is 0 Å². The summed E-state index contributed by atoms with van der Waals surface area (Å²) in [4.78, 5) is 28.6. The Labute approximate surface area is 222 Å². The Morgan fingerprint density at radius 2 is 1.66 bits per heavy atom. The number of halogens is 4. The fraction of sp³-hybridized carbons (Fsp3) is 0.207. The Balaban J connectivity index is 1.65. The number of carboxylic acid groups (broad SMARTS) is 1. The SMILES string of the molecule is O=C(O)CCCCc1cc2cc(C(=O)NC(c3ccc(Cl)cc3)C(F)(F)F)ccc2nc1-c1ccccc1. The molecule has 1 unspecified atom stereocenters. The number of rotatable bonds is 9. The molecule has 0 aliphatic heterocycles. The summed E-state index contributed by atoms with van der Waals surface area (Å²) < 4.78 is 41.4. The van der Waals surface area contributed by atoms with Crippen LogP contribution in [0.15, 0.2) is 78.9 Å². The summed E-state index contributed by atoms with van der Waals surface area (Å²) in [6.07, 6.45) is -2.99. The Hall–Kier alpha value is -3.91. The topological polar surface area (TPSA) is 79.3 Å². The van der Waals surface area contributed by atoms with Crippen molar-refractivity contribution in [3.8, 4) is 11.3 Å². The van der Waals surface area contributed by atoms with Crippen molar-refractivity contribution < 1.29 is 27.9 Å². The van der Waals surface area contributed by atoms with Gasteiger partial charge in [0.15, 0.2) is 6.04 Å². The molecule has 4 rings (SSSR count). The number of aryl methyl sites for hydroxylation is 1. The number of aromatic nitrogens is 1. The number of carbonyl (C=O) groups excluding carboxylic acids is 1. The third kappa shape index (κ3) is 6.69. The van der Waals surface area contributed by atoms with Gasteiger partial charge in [0, 0.05) is 28.0 Å². The molecule has 9 heteroatoms. The summed E-state index contributed by atoms with van der Waals surface area (Å²) in [7, 11) is 0. The molecule has 5 nitrogen and oxygen atoms in total. The first-order valence-corrected chi connectivity index (χ1v) is 12.3. The van der Waals surface area contributed by atoms with Crippen molar-refractivity contribution in [2.45, 2.75) is 37.9 Å². The van der Waals surface area contributed by atoms with Gasteiger partial charge in [-0.1, -0.05) is 54.1 Å². The number of hydrogen-bond donors (Lipinski definition) is 2. The van der Waals surface area contributed by atoms with Crippen LogP contribution in [-0.2, 0) is 11.2 Å². The molecule has 1 amide bonds. The van der Waals surface area contributed by atoms with Crippen LogP contribution in [0.2, 0.25) is 5.02 Å². The minimum Gasteiger partial charge on any atom is -0.481 e. The van der Waals surface area contributed by atoms with E-state index in [0.717, 1.165) is 16.8 Å². The number of nitrogens with one attached hydrogen (secondary N) is 1. The van der Waals surface area contributed by atoms with Gasteiger partial charge in [0.05, 0.1) is 11.2 Å². The predicted octanol–water partition coefficient (Wildman–Crippen LogP) is 7.39. The lowest BCUT2D eigenvalue weighted by Crippen LogP contribution is -2.38. The van der Waals surface area contributed by atoms with E-state index in [4.69, 9.17) is 21.7 Å². The van der Waals surface area contributed by atoms with Gasteiger partial charge in [-0.3, -0.25) is 9.59 Å². The second-order valence-electron chi connectivity index (χ2n) is 8.87. The minimum absolute atomic E-state index is 0.0555. The average molecular weight is 541 g/mol. The van der Waals surface area contributed by atoms with Crippen LogP contribution >= 0.6 is 11.6 Å². The van der Waals surface area contributed by atoms with E-state index in [0.29, 0.717) is 30.2 Å². The smallest absolute Gasteiger partial charge is 0.412 e. The van der Waals surface area contributed by atoms with E-state index in [-0.39, 0.29) is 22.6 Å². The number of benzene rings is 3. The fourth-order valence-corrected chi connectivity index (χ4v) is 4.34. The number of aliphatic carboxylic acids is 1. The first kappa shape index (κ1) is 27.1. The zero-order valence-corrected chi connectivity index (χ0v) is 20.9. The lowest BCUT2D eigenvalue weighted by Gasteiger charge is -2.22. The molecule has 38 heavy (non-hydrogen) atoms. The van der Waals surface area contributed by atoms with E-state index in [1.807, 2.05) is 36.4 Å². The summed E-state index contributed by atoms with van der Waals surface area (Å²) >= 11 is 5.80. The van der Waals surface area contributed by atoms with Gasteiger partial charge in [-0.2, -0.15) is 13.2 Å². The minimum atomic E-state index is -4.71. The van der Waals surface area contributed by atoms with Crippen molar-refractivity contribution in [2.24, 2.45) is 0 Å². The highest BCUT2D eigenvalue weighted by molar-refractivity contribution is 6.30. The van der Waals surface area contributed by atoms with E-state index >= 15 is 0 Å². The van der Waals surface area contributed by atoms with E-state index in [1.165, 1.54) is 36.4 Å². The highest BCUT2D eigenvalue weighted by Crippen LogP contribution is 2.34. The van der Waals surface area contributed by atoms with Gasteiger partial charge >= 0.3 is 12.1 Å². The molecule has 2 N–H and O–H groups in total. The first-order valence-electron chi connectivity index (χ1n) is 12.0. The summed E-state index contributed by atoms with van der Waals surface area (Å²) in [5.74, 6) is -1.74. The molecule has 0 saturated heterocycles. The monoisotopic (exact) mass is 540 g/mol. The maximum atomic E-state index is 13.8. The zero-order valence-electron chi connectivity index (χ0n) is 20.1. The van der Waals surface area contributed by atoms with Crippen LogP contribution in [0.25, 0.3) is 22.2 Å². The number of carbonyl (C=O) groups is 2. The van der Waals surface area contributed by atoms with E-state index in [1.54, 1.807) is 6.07 Å². The summed E-state index contributed by atoms with van der Waals surface area (Å²) in [6.45, 7) is 0. The fourth-order valence-electron chi connectivity index (χ4n) is 4.21. The molecular formula is C29H24ClF3N2O3. The van der Waals surface area contributed by atoms with Crippen molar-refractivity contribution >= 4 is 34.4 Å². The third-order valence-electron chi connectivity index (χ3n) is 6.10. The van der Waals surface area contributed by atoms with Crippen molar-refractivity contribution in [2.75, 3.05) is 0 Å². The number of fused-ring (bicyclic) bond motifs is 1. The van der Waals surface area contributed by atoms with Gasteiger partial charge in [-0.15, -0.1) is 0 Å². The molecule has 0 aliphatic carbocycles. The van der Waals surface area contributed by atoms with Crippen LogP contribution in [0.1, 0.15) is 46.8 Å². The van der Waals surface area contributed by atoms with Crippen molar-refractivity contribution in [1.82, 2.24) is 10.3 Å². The van der Waals surface area contributed by atoms with Gasteiger partial charge < -0.3 is 10.4 Å². The van der Waals surface area contributed by atoms with Crippen LogP contribution in [-0.4, -0.2) is 28.1 Å². The zero-order chi connectivity index (χ0) is 27.3. The maximum absolute atomic E-state index is 13.8. The molecule has 196 valence electrons. The molecule has 0 saturated carbocycles. The number of carboxylic acids is 1. The van der Waals surface area contributed by atoms with Crippen LogP contribution in [0.4, 0.5) is 13.2 Å². The standard InChI is InChI=1S/C29H24ClF3N2O3/c30-23-13-10-19(11-14-23)27(29(31,32)33)35-28(38)21-12-15-24-22(17-21)16-20(8-4-5-9-25(36)37)26(34-24)18-6-2-1-3-7-18/h1-3,6-7,10-17,27H,4-5,8-9H2,(H,35,38)(H,36,37). The Bertz CT molecular complexity index is 1440. The first-order chi connectivity index (χ1) is 18.1. The number of amides is 1. The average Bonchev–Trinajstić information content (AvgIpc) is 2.89. The quantitative estimate of drug-likeness (QED) is 0.217. The lowest BCUT2D eigenvalue weighted by molar-refractivity contribution is -0.155. The van der Waals surface area contributed by atoms with Crippen LogP contribution in [0, 0.1) is 0 Å². The van der Waals surface area contributed by atoms with Gasteiger partial charge in [0.25, 0.3) is 5.91 Å². The van der Waals surface area contributed by atoms with E-state index < -0.39 is 24.1 Å². The number of nitrogens with zero attached hydrogens (tertiary/aromatic N) is 1. The maximum Gasteiger partial charge on any atom is 0.412 e. The normalized spacial score (nSPS) is 12.3. The number of unbranched alkanes of at least 4 members (excludes halogenated alkanes) is 1. The third-order valence-corrected chi connectivity index (χ3v) is 6.35. The molecule has 1 aromatic heterocycles. The van der Waals surface area contributed by atoms with Crippen molar-refractivity contribution in [3.05, 3.63) is 101 Å². The van der Waals surface area contributed by atoms with Gasteiger partial charge in [0.2, 0.25) is 0 Å². The number of hydrogen-bond acceptors (Lipinski definition) is 3. The molecule has 3 aromatic carbocycles. The molecule has 0 spiro atoms. The highest BCUT2D eigenvalue weighted by atomic mass is 35.5. The van der Waals surface area contributed by atoms with Crippen molar-refractivity contribution in [1.29, 1.82) is 0 Å². The summed E-state index contributed by atoms with van der Waals surface area (Å²) in [6, 6.07) is 18.9. The Morgan fingerprint density at radius 3 is 2.32 bits per heavy atom. The van der Waals surface area contributed by atoms with Gasteiger partial charge in [-0.25, -0.2) is 4.98 Å². The molecule has 4 aromatic rings. The van der Waals surface area contributed by atoms with Crippen molar-refractivity contribution in [3.63, 3.8) is 0 Å². The largest absolute Gasteiger partial charge is 0.481 e. The Morgan fingerprint density at radius 1 is 0.947 bits per heavy atom. The molecular weight excluding hydrogens is 517 g/mol. The lowest BCUT2D eigenvalue weighted by atomic mass is 9.98. The summed E-state index contributed by atoms with van der Waals surface area (Å²) in [5, 5.41) is 11.9. The molecule has 1 atom stereocenters. The molecule has 0 radical (unpaired) electrons. The number of pyridine rings is 1. The molecule has 0 bridgehead atoms. The number of alkyl halides is 3. The highest BCUT2D eigenvalue weighted by Gasteiger charge is 2.42. The molecule has 0 fully saturated rings. The second kappa shape index (κ2) is 11.6. The van der Waals surface area contributed by atoms with E-state index in [9.17, 15) is 22.8 Å². The molecule has 1 heterocycles. The van der Waals surface area contributed by atoms with E-state index in [2.05, 4.69) is 5.32 Å². The van der Waals surface area contributed by atoms with Crippen LogP contribution in [0.3, 0.4) is 0 Å². The Kier molecular flexibility index (Phi) is 8.32. The second-order valence-corrected chi connectivity index (χ2v) is 9.31. The van der Waals surface area contributed by atoms with Gasteiger partial charge in [0.1, 0.15) is 0 Å². The van der Waals surface area contributed by atoms with Crippen LogP contribution < -0.4 is 5.32 Å². The predicted molar refractivity (Wildman–Crippen MR) is 140 cm³/mol. The van der Waals surface area contributed by atoms with Gasteiger partial charge in [-0.05, 0) is 66.8 Å². The summed E-state index contributed by atoms with van der Waals surface area (Å²) in [5.41, 5.74) is 3.01. The molecule has 0 aliphatic rings.